The van der Waals surface area contributed by atoms with E-state index in [2.05, 4.69) is 4.98 Å². The molecule has 0 atom stereocenters. The Morgan fingerprint density at radius 2 is 1.76 bits per heavy atom. The summed E-state index contributed by atoms with van der Waals surface area (Å²) in [6.07, 6.45) is 2.50. The molecule has 0 aliphatic carbocycles. The molecule has 0 spiro atoms. The molecule has 0 amide bonds. The van der Waals surface area contributed by atoms with Gasteiger partial charge in [0, 0.05) is 19.7 Å². The molecule has 0 bridgehead atoms. The number of ether oxygens (including phenoxy) is 2. The van der Waals surface area contributed by atoms with Crippen LogP contribution in [-0.4, -0.2) is 22.1 Å². The number of aryl methyl sites for hydroxylation is 2. The smallest absolute Gasteiger partial charge is 0.345 e. The van der Waals surface area contributed by atoms with Gasteiger partial charge in [-0.25, -0.2) is 9.78 Å². The third kappa shape index (κ3) is 5.10. The highest BCUT2D eigenvalue weighted by Gasteiger charge is 2.16. The van der Waals surface area contributed by atoms with Crippen molar-refractivity contribution in [1.29, 1.82) is 0 Å². The average molecular weight is 392 g/mol. The van der Waals surface area contributed by atoms with Crippen molar-refractivity contribution >= 4 is 5.97 Å². The molecule has 6 nitrogen and oxygen atoms in total. The van der Waals surface area contributed by atoms with E-state index in [4.69, 9.17) is 9.47 Å². The summed E-state index contributed by atoms with van der Waals surface area (Å²) in [5.41, 5.74) is 1.68. The fourth-order valence-corrected chi connectivity index (χ4v) is 2.99. The first kappa shape index (κ1) is 20.3. The van der Waals surface area contributed by atoms with Crippen molar-refractivity contribution in [2.75, 3.05) is 6.61 Å². The molecule has 0 aliphatic heterocycles. The zero-order valence-corrected chi connectivity index (χ0v) is 16.6. The van der Waals surface area contributed by atoms with Crippen LogP contribution >= 0.6 is 0 Å². The van der Waals surface area contributed by atoms with Crippen molar-refractivity contribution in [1.82, 2.24) is 9.55 Å². The van der Waals surface area contributed by atoms with E-state index in [-0.39, 0.29) is 12.2 Å². The van der Waals surface area contributed by atoms with Crippen molar-refractivity contribution in [2.45, 2.75) is 26.4 Å². The van der Waals surface area contributed by atoms with E-state index >= 15 is 0 Å². The second-order valence-electron chi connectivity index (χ2n) is 6.55. The first-order valence-corrected chi connectivity index (χ1v) is 9.56. The fourth-order valence-electron chi connectivity index (χ4n) is 2.99. The van der Waals surface area contributed by atoms with Gasteiger partial charge >= 0.3 is 5.97 Å². The van der Waals surface area contributed by atoms with Crippen LogP contribution in [0.15, 0.2) is 65.6 Å². The maximum absolute atomic E-state index is 12.4. The fraction of sp³-hybridized carbons (Fsp3) is 0.261. The van der Waals surface area contributed by atoms with Gasteiger partial charge in [-0.3, -0.25) is 9.36 Å². The van der Waals surface area contributed by atoms with Crippen LogP contribution in [0.4, 0.5) is 0 Å². The maximum Gasteiger partial charge on any atom is 0.345 e. The third-order valence-electron chi connectivity index (χ3n) is 4.59. The standard InChI is InChI=1S/C23H24N2O4/c1-3-28-23(27)19-15-24-21(25(2)22(19)26)14-13-18-11-7-8-12-20(18)29-16-17-9-5-4-6-10-17/h4-12,15H,3,13-14,16H2,1-2H3. The summed E-state index contributed by atoms with van der Waals surface area (Å²) >= 11 is 0. The number of hydrogen-bond acceptors (Lipinski definition) is 5. The first-order chi connectivity index (χ1) is 14.1. The van der Waals surface area contributed by atoms with Gasteiger partial charge < -0.3 is 9.47 Å². The van der Waals surface area contributed by atoms with Crippen molar-refractivity contribution in [3.05, 3.63) is 93.7 Å². The topological polar surface area (TPSA) is 70.4 Å². The Hall–Kier alpha value is -3.41. The molecule has 150 valence electrons. The molecule has 0 N–H and O–H groups in total. The Morgan fingerprint density at radius 3 is 2.52 bits per heavy atom. The highest BCUT2D eigenvalue weighted by molar-refractivity contribution is 5.88. The molecule has 29 heavy (non-hydrogen) atoms. The molecule has 3 rings (SSSR count). The third-order valence-corrected chi connectivity index (χ3v) is 4.59. The van der Waals surface area contributed by atoms with E-state index in [0.29, 0.717) is 25.3 Å². The van der Waals surface area contributed by atoms with E-state index in [0.717, 1.165) is 16.9 Å². The van der Waals surface area contributed by atoms with Crippen LogP contribution in [0.2, 0.25) is 0 Å². The van der Waals surface area contributed by atoms with Crippen LogP contribution < -0.4 is 10.3 Å². The highest BCUT2D eigenvalue weighted by Crippen LogP contribution is 2.21. The van der Waals surface area contributed by atoms with Crippen molar-refractivity contribution in [3.8, 4) is 5.75 Å². The average Bonchev–Trinajstić information content (AvgIpc) is 2.75. The number of hydrogen-bond donors (Lipinski definition) is 0. The van der Waals surface area contributed by atoms with Crippen LogP contribution in [0.5, 0.6) is 5.75 Å². The Morgan fingerprint density at radius 1 is 1.03 bits per heavy atom. The van der Waals surface area contributed by atoms with Crippen molar-refractivity contribution in [3.63, 3.8) is 0 Å². The molecule has 0 unspecified atom stereocenters. The second kappa shape index (κ2) is 9.68. The number of benzene rings is 2. The number of carbonyl (C=O) groups is 1. The normalized spacial score (nSPS) is 10.6. The van der Waals surface area contributed by atoms with E-state index < -0.39 is 11.5 Å². The van der Waals surface area contributed by atoms with E-state index in [1.807, 2.05) is 54.6 Å². The molecule has 3 aromatic rings. The van der Waals surface area contributed by atoms with Gasteiger partial charge in [0.2, 0.25) is 0 Å². The quantitative estimate of drug-likeness (QED) is 0.550. The van der Waals surface area contributed by atoms with E-state index in [1.165, 1.54) is 10.8 Å². The highest BCUT2D eigenvalue weighted by atomic mass is 16.5. The molecular weight excluding hydrogens is 368 g/mol. The summed E-state index contributed by atoms with van der Waals surface area (Å²) in [5, 5.41) is 0. The van der Waals surface area contributed by atoms with Gasteiger partial charge in [-0.2, -0.15) is 0 Å². The number of nitrogens with zero attached hydrogens (tertiary/aromatic N) is 2. The molecule has 0 saturated carbocycles. The number of rotatable bonds is 8. The van der Waals surface area contributed by atoms with Gasteiger partial charge in [0.15, 0.2) is 0 Å². The summed E-state index contributed by atoms with van der Waals surface area (Å²) in [4.78, 5) is 28.6. The van der Waals surface area contributed by atoms with Gasteiger partial charge in [0.05, 0.1) is 6.61 Å². The van der Waals surface area contributed by atoms with Crippen LogP contribution in [-0.2, 0) is 31.2 Å². The molecule has 0 radical (unpaired) electrons. The molecule has 1 aromatic heterocycles. The Balaban J connectivity index is 1.71. The van der Waals surface area contributed by atoms with E-state index in [9.17, 15) is 9.59 Å². The SMILES string of the molecule is CCOC(=O)c1cnc(CCc2ccccc2OCc2ccccc2)n(C)c1=O. The second-order valence-corrected chi connectivity index (χ2v) is 6.55. The largest absolute Gasteiger partial charge is 0.489 e. The molecule has 0 saturated heterocycles. The Kier molecular flexibility index (Phi) is 6.79. The molecular formula is C23H24N2O4. The minimum atomic E-state index is -0.646. The number of carbonyl (C=O) groups excluding carboxylic acids is 1. The summed E-state index contributed by atoms with van der Waals surface area (Å²) in [6.45, 7) is 2.40. The van der Waals surface area contributed by atoms with Crippen LogP contribution in [0, 0.1) is 0 Å². The Labute approximate surface area is 169 Å². The predicted octanol–water partition coefficient (Wildman–Crippen LogP) is 3.32. The molecule has 6 heteroatoms. The number of para-hydroxylation sites is 1. The molecule has 2 aromatic carbocycles. The molecule has 0 fully saturated rings. The first-order valence-electron chi connectivity index (χ1n) is 9.56. The van der Waals surface area contributed by atoms with Crippen LogP contribution in [0.3, 0.4) is 0 Å². The van der Waals surface area contributed by atoms with Crippen molar-refractivity contribution < 1.29 is 14.3 Å². The van der Waals surface area contributed by atoms with Crippen molar-refractivity contribution in [2.24, 2.45) is 7.05 Å². The van der Waals surface area contributed by atoms with E-state index in [1.54, 1.807) is 14.0 Å². The minimum absolute atomic E-state index is 0.0512. The number of aromatic nitrogens is 2. The van der Waals surface area contributed by atoms with Gasteiger partial charge in [-0.05, 0) is 30.5 Å². The van der Waals surface area contributed by atoms with Gasteiger partial charge in [0.1, 0.15) is 23.7 Å². The molecule has 1 heterocycles. The predicted molar refractivity (Wildman–Crippen MR) is 110 cm³/mol. The molecule has 0 aliphatic rings. The summed E-state index contributed by atoms with van der Waals surface area (Å²) in [6, 6.07) is 17.8. The van der Waals surface area contributed by atoms with Crippen LogP contribution in [0.25, 0.3) is 0 Å². The summed E-state index contributed by atoms with van der Waals surface area (Å²) in [7, 11) is 1.62. The lowest BCUT2D eigenvalue weighted by atomic mass is 10.1. The van der Waals surface area contributed by atoms with Crippen LogP contribution in [0.1, 0.15) is 34.2 Å². The van der Waals surface area contributed by atoms with Gasteiger partial charge in [0.25, 0.3) is 5.56 Å². The zero-order chi connectivity index (χ0) is 20.6. The number of esters is 1. The zero-order valence-electron chi connectivity index (χ0n) is 16.6. The van der Waals surface area contributed by atoms with Gasteiger partial charge in [-0.1, -0.05) is 48.5 Å². The van der Waals surface area contributed by atoms with Gasteiger partial charge in [-0.15, -0.1) is 0 Å². The lowest BCUT2D eigenvalue weighted by Crippen LogP contribution is -2.29. The maximum atomic E-state index is 12.4. The summed E-state index contributed by atoms with van der Waals surface area (Å²) < 4.78 is 12.3. The lowest BCUT2D eigenvalue weighted by molar-refractivity contribution is 0.0523. The minimum Gasteiger partial charge on any atom is -0.489 e. The monoisotopic (exact) mass is 392 g/mol. The Bertz CT molecular complexity index is 1030. The summed E-state index contributed by atoms with van der Waals surface area (Å²) in [5.74, 6) is 0.761. The lowest BCUT2D eigenvalue weighted by Gasteiger charge is -2.13.